The zero-order chi connectivity index (χ0) is 18.4. The molecule has 4 rings (SSSR count). The Hall–Kier alpha value is -3.21. The van der Waals surface area contributed by atoms with Gasteiger partial charge >= 0.3 is 0 Å². The van der Waals surface area contributed by atoms with Crippen LogP contribution in [0.25, 0.3) is 11.0 Å². The molecule has 2 heterocycles. The van der Waals surface area contributed by atoms with Gasteiger partial charge in [-0.25, -0.2) is 4.39 Å². The number of hydrogen-bond acceptors (Lipinski definition) is 3. The van der Waals surface area contributed by atoms with E-state index in [1.165, 1.54) is 11.0 Å². The van der Waals surface area contributed by atoms with E-state index in [9.17, 15) is 14.0 Å². The van der Waals surface area contributed by atoms with Gasteiger partial charge in [-0.2, -0.15) is 0 Å². The van der Waals surface area contributed by atoms with Crippen LogP contribution in [-0.2, 0) is 0 Å². The number of benzene rings is 2. The topological polar surface area (TPSA) is 50.5 Å². The second kappa shape index (κ2) is 5.95. The van der Waals surface area contributed by atoms with Crippen molar-refractivity contribution in [2.24, 2.45) is 0 Å². The summed E-state index contributed by atoms with van der Waals surface area (Å²) in [6, 6.07) is 10.5. The number of halogens is 1. The largest absolute Gasteiger partial charge is 0.450 e. The molecule has 0 unspecified atom stereocenters. The van der Waals surface area contributed by atoms with E-state index in [1.807, 2.05) is 13.0 Å². The van der Waals surface area contributed by atoms with E-state index in [0.29, 0.717) is 11.0 Å². The minimum atomic E-state index is -0.835. The summed E-state index contributed by atoms with van der Waals surface area (Å²) in [5.41, 5.74) is 1.39. The molecule has 1 aliphatic heterocycles. The van der Waals surface area contributed by atoms with E-state index in [-0.39, 0.29) is 28.9 Å². The molecule has 26 heavy (non-hydrogen) atoms. The number of carbonyl (C=O) groups excluding carboxylic acids is 1. The lowest BCUT2D eigenvalue weighted by Crippen LogP contribution is -2.30. The highest BCUT2D eigenvalue weighted by Gasteiger charge is 2.43. The maximum atomic E-state index is 14.5. The molecule has 0 radical (unpaired) electrons. The Morgan fingerprint density at radius 1 is 1.23 bits per heavy atom. The third-order valence-electron chi connectivity index (χ3n) is 4.65. The van der Waals surface area contributed by atoms with Crippen LogP contribution < -0.4 is 5.43 Å². The molecular weight excluding hydrogens is 333 g/mol. The third kappa shape index (κ3) is 2.28. The van der Waals surface area contributed by atoms with Crippen LogP contribution in [0.2, 0.25) is 0 Å². The van der Waals surface area contributed by atoms with Crippen molar-refractivity contribution in [1.29, 1.82) is 0 Å². The Morgan fingerprint density at radius 3 is 2.73 bits per heavy atom. The molecule has 0 fully saturated rings. The van der Waals surface area contributed by atoms with E-state index in [4.69, 9.17) is 4.42 Å². The molecule has 0 saturated carbocycles. The van der Waals surface area contributed by atoms with Gasteiger partial charge < -0.3 is 9.32 Å². The number of rotatable bonds is 3. The zero-order valence-electron chi connectivity index (χ0n) is 14.2. The zero-order valence-corrected chi connectivity index (χ0v) is 14.2. The van der Waals surface area contributed by atoms with Crippen molar-refractivity contribution >= 4 is 16.9 Å². The van der Waals surface area contributed by atoms with Crippen LogP contribution in [0.3, 0.4) is 0 Å². The average molecular weight is 349 g/mol. The van der Waals surface area contributed by atoms with Gasteiger partial charge in [0.2, 0.25) is 5.76 Å². The lowest BCUT2D eigenvalue weighted by molar-refractivity contribution is 0.0746. The van der Waals surface area contributed by atoms with Gasteiger partial charge in [-0.15, -0.1) is 6.58 Å². The van der Waals surface area contributed by atoms with E-state index < -0.39 is 17.8 Å². The highest BCUT2D eigenvalue weighted by atomic mass is 19.1. The minimum absolute atomic E-state index is 0.0264. The van der Waals surface area contributed by atoms with Crippen molar-refractivity contribution in [2.45, 2.75) is 13.0 Å². The second-order valence-electron chi connectivity index (χ2n) is 6.34. The molecule has 0 aliphatic carbocycles. The SMILES string of the molecule is C=CCN1C(=O)c2oc3ccc(C)cc3c(=O)c2[C@@H]1c1ccccc1F. The summed E-state index contributed by atoms with van der Waals surface area (Å²) in [7, 11) is 0. The number of carbonyl (C=O) groups is 1. The number of fused-ring (bicyclic) bond motifs is 2. The van der Waals surface area contributed by atoms with Crippen LogP contribution in [0.5, 0.6) is 0 Å². The molecule has 2 aromatic carbocycles. The summed E-state index contributed by atoms with van der Waals surface area (Å²) >= 11 is 0. The Morgan fingerprint density at radius 2 is 2.00 bits per heavy atom. The quantitative estimate of drug-likeness (QED) is 0.672. The van der Waals surface area contributed by atoms with Gasteiger partial charge in [0.05, 0.1) is 17.0 Å². The fraction of sp³-hybridized carbons (Fsp3) is 0.143. The minimum Gasteiger partial charge on any atom is -0.450 e. The number of hydrogen-bond donors (Lipinski definition) is 0. The maximum Gasteiger partial charge on any atom is 0.291 e. The molecule has 1 atom stereocenters. The molecule has 1 amide bonds. The van der Waals surface area contributed by atoms with Crippen LogP contribution in [-0.4, -0.2) is 17.4 Å². The smallest absolute Gasteiger partial charge is 0.291 e. The molecule has 1 aliphatic rings. The predicted molar refractivity (Wildman–Crippen MR) is 96.7 cm³/mol. The Bertz CT molecular complexity index is 1120. The summed E-state index contributed by atoms with van der Waals surface area (Å²) in [5, 5.41) is 0.387. The molecule has 0 bridgehead atoms. The van der Waals surface area contributed by atoms with Gasteiger partial charge in [-0.3, -0.25) is 9.59 Å². The molecule has 5 heteroatoms. The van der Waals surface area contributed by atoms with E-state index in [0.717, 1.165) is 5.56 Å². The number of nitrogens with zero attached hydrogens (tertiary/aromatic N) is 1. The van der Waals surface area contributed by atoms with Crippen molar-refractivity contribution in [3.05, 3.63) is 93.6 Å². The second-order valence-corrected chi connectivity index (χ2v) is 6.34. The molecule has 1 aromatic heterocycles. The number of amides is 1. The van der Waals surface area contributed by atoms with Crippen molar-refractivity contribution in [2.75, 3.05) is 6.54 Å². The first-order chi connectivity index (χ1) is 12.5. The van der Waals surface area contributed by atoms with Gasteiger partial charge in [0.25, 0.3) is 5.91 Å². The van der Waals surface area contributed by atoms with Gasteiger partial charge in [-0.1, -0.05) is 35.9 Å². The van der Waals surface area contributed by atoms with Crippen molar-refractivity contribution in [3.63, 3.8) is 0 Å². The first-order valence-corrected chi connectivity index (χ1v) is 8.26. The summed E-state index contributed by atoms with van der Waals surface area (Å²) in [6.45, 7) is 5.71. The van der Waals surface area contributed by atoms with Gasteiger partial charge in [-0.05, 0) is 25.1 Å². The highest BCUT2D eigenvalue weighted by molar-refractivity contribution is 5.99. The van der Waals surface area contributed by atoms with Crippen LogP contribution in [0, 0.1) is 12.7 Å². The lowest BCUT2D eigenvalue weighted by Gasteiger charge is -2.24. The predicted octanol–water partition coefficient (Wildman–Crippen LogP) is 3.97. The lowest BCUT2D eigenvalue weighted by atomic mass is 9.98. The molecule has 4 nitrogen and oxygen atoms in total. The van der Waals surface area contributed by atoms with Crippen molar-refractivity contribution in [3.8, 4) is 0 Å². The summed E-state index contributed by atoms with van der Waals surface area (Å²) in [6.07, 6.45) is 1.55. The van der Waals surface area contributed by atoms with Crippen LogP contribution >= 0.6 is 0 Å². The monoisotopic (exact) mass is 349 g/mol. The fourth-order valence-corrected chi connectivity index (χ4v) is 3.48. The first-order valence-electron chi connectivity index (χ1n) is 8.26. The summed E-state index contributed by atoms with van der Waals surface area (Å²) < 4.78 is 20.3. The summed E-state index contributed by atoms with van der Waals surface area (Å²) in [5.74, 6) is -0.940. The fourth-order valence-electron chi connectivity index (χ4n) is 3.48. The van der Waals surface area contributed by atoms with Crippen LogP contribution in [0.4, 0.5) is 4.39 Å². The molecule has 130 valence electrons. The summed E-state index contributed by atoms with van der Waals surface area (Å²) in [4.78, 5) is 27.5. The van der Waals surface area contributed by atoms with Gasteiger partial charge in [0, 0.05) is 12.1 Å². The van der Waals surface area contributed by atoms with E-state index in [2.05, 4.69) is 6.58 Å². The number of aryl methyl sites for hydroxylation is 1. The standard InChI is InChI=1S/C21H16FNO3/c1-3-10-23-18(13-6-4-5-7-15(13)22)17-19(24)14-11-12(2)8-9-16(14)26-20(17)21(23)25/h3-9,11,18H,1,10H2,2H3/t18-/m0/s1. The van der Waals surface area contributed by atoms with Gasteiger partial charge in [0.15, 0.2) is 5.43 Å². The third-order valence-corrected chi connectivity index (χ3v) is 4.65. The Balaban J connectivity index is 2.06. The van der Waals surface area contributed by atoms with Crippen molar-refractivity contribution in [1.82, 2.24) is 4.90 Å². The van der Waals surface area contributed by atoms with E-state index >= 15 is 0 Å². The molecule has 3 aromatic rings. The molecule has 0 spiro atoms. The molecule has 0 saturated heterocycles. The molecule has 0 N–H and O–H groups in total. The Kier molecular flexibility index (Phi) is 3.72. The maximum absolute atomic E-state index is 14.5. The van der Waals surface area contributed by atoms with E-state index in [1.54, 1.807) is 36.4 Å². The Labute approximate surface area is 149 Å². The van der Waals surface area contributed by atoms with Gasteiger partial charge in [0.1, 0.15) is 11.4 Å². The first kappa shape index (κ1) is 16.3. The average Bonchev–Trinajstić information content (AvgIpc) is 2.89. The normalized spacial score (nSPS) is 16.2. The van der Waals surface area contributed by atoms with Crippen LogP contribution in [0.1, 0.15) is 33.3 Å². The molecular formula is C21H16FNO3. The van der Waals surface area contributed by atoms with Crippen LogP contribution in [0.15, 0.2) is 64.3 Å². The van der Waals surface area contributed by atoms with Crippen molar-refractivity contribution < 1.29 is 13.6 Å². The highest BCUT2D eigenvalue weighted by Crippen LogP contribution is 2.38.